The van der Waals surface area contributed by atoms with Crippen LogP contribution in [0.2, 0.25) is 5.02 Å². The fourth-order valence-corrected chi connectivity index (χ4v) is 3.47. The molecule has 0 radical (unpaired) electrons. The van der Waals surface area contributed by atoms with E-state index in [4.69, 9.17) is 16.3 Å². The Labute approximate surface area is 121 Å². The van der Waals surface area contributed by atoms with Gasteiger partial charge >= 0.3 is 0 Å². The average Bonchev–Trinajstić information content (AvgIpc) is 2.35. The lowest BCUT2D eigenvalue weighted by Crippen LogP contribution is -2.62. The van der Waals surface area contributed by atoms with Crippen LogP contribution in [0.1, 0.15) is 37.8 Å². The number of rotatable bonds is 4. The van der Waals surface area contributed by atoms with Crippen LogP contribution >= 0.6 is 11.6 Å². The lowest BCUT2D eigenvalue weighted by Gasteiger charge is -2.53. The standard InChI is InChI=1S/C16H24ClNO/c1-6-16(4)13(18-5)9-14(16)19-15-10(2)7-12(17)8-11(15)3/h7-8,13-14,18H,6,9H2,1-5H3. The van der Waals surface area contributed by atoms with Crippen LogP contribution in [0.15, 0.2) is 12.1 Å². The first-order chi connectivity index (χ1) is 8.92. The minimum Gasteiger partial charge on any atom is -0.489 e. The second-order valence-electron chi connectivity index (χ2n) is 5.91. The summed E-state index contributed by atoms with van der Waals surface area (Å²) in [6.07, 6.45) is 2.48. The second-order valence-corrected chi connectivity index (χ2v) is 6.35. The maximum Gasteiger partial charge on any atom is 0.125 e. The molecule has 1 aromatic rings. The molecule has 0 aromatic heterocycles. The Kier molecular flexibility index (Phi) is 4.12. The van der Waals surface area contributed by atoms with Crippen molar-refractivity contribution in [1.29, 1.82) is 0 Å². The number of benzene rings is 1. The topological polar surface area (TPSA) is 21.3 Å². The van der Waals surface area contributed by atoms with E-state index in [9.17, 15) is 0 Å². The van der Waals surface area contributed by atoms with Crippen molar-refractivity contribution in [3.63, 3.8) is 0 Å². The van der Waals surface area contributed by atoms with Crippen molar-refractivity contribution in [3.8, 4) is 5.75 Å². The molecule has 0 amide bonds. The first-order valence-electron chi connectivity index (χ1n) is 7.03. The maximum absolute atomic E-state index is 6.31. The van der Waals surface area contributed by atoms with Gasteiger partial charge in [0.15, 0.2) is 0 Å². The van der Waals surface area contributed by atoms with E-state index in [2.05, 4.69) is 33.0 Å². The van der Waals surface area contributed by atoms with Crippen molar-refractivity contribution < 1.29 is 4.74 Å². The highest BCUT2D eigenvalue weighted by Gasteiger charge is 2.51. The normalized spacial score (nSPS) is 30.0. The molecule has 1 N–H and O–H groups in total. The molecule has 3 atom stereocenters. The van der Waals surface area contributed by atoms with Crippen LogP contribution in [0.4, 0.5) is 0 Å². The zero-order valence-electron chi connectivity index (χ0n) is 12.5. The quantitative estimate of drug-likeness (QED) is 0.897. The number of halogens is 1. The number of hydrogen-bond acceptors (Lipinski definition) is 2. The molecule has 106 valence electrons. The van der Waals surface area contributed by atoms with Gasteiger partial charge in [-0.15, -0.1) is 0 Å². The van der Waals surface area contributed by atoms with Gasteiger partial charge in [0.05, 0.1) is 0 Å². The molecule has 1 aromatic carbocycles. The van der Waals surface area contributed by atoms with Crippen LogP contribution in [0.25, 0.3) is 0 Å². The summed E-state index contributed by atoms with van der Waals surface area (Å²) in [5.41, 5.74) is 2.46. The summed E-state index contributed by atoms with van der Waals surface area (Å²) in [6, 6.07) is 4.50. The van der Waals surface area contributed by atoms with Gasteiger partial charge in [-0.05, 0) is 50.6 Å². The Hall–Kier alpha value is -0.730. The van der Waals surface area contributed by atoms with Crippen molar-refractivity contribution in [2.24, 2.45) is 5.41 Å². The van der Waals surface area contributed by atoms with Crippen LogP contribution in [-0.2, 0) is 0 Å². The van der Waals surface area contributed by atoms with E-state index < -0.39 is 0 Å². The van der Waals surface area contributed by atoms with Crippen LogP contribution in [-0.4, -0.2) is 19.2 Å². The highest BCUT2D eigenvalue weighted by molar-refractivity contribution is 6.30. The van der Waals surface area contributed by atoms with E-state index in [-0.39, 0.29) is 11.5 Å². The van der Waals surface area contributed by atoms with Gasteiger partial charge in [-0.3, -0.25) is 0 Å². The maximum atomic E-state index is 6.31. The van der Waals surface area contributed by atoms with E-state index in [1.807, 2.05) is 19.2 Å². The van der Waals surface area contributed by atoms with E-state index in [0.717, 1.165) is 34.7 Å². The molecule has 2 rings (SSSR count). The molecule has 1 saturated carbocycles. The predicted octanol–water partition coefficient (Wildman–Crippen LogP) is 4.11. The van der Waals surface area contributed by atoms with E-state index >= 15 is 0 Å². The molecule has 1 aliphatic carbocycles. The molecule has 2 nitrogen and oxygen atoms in total. The Morgan fingerprint density at radius 1 is 1.37 bits per heavy atom. The van der Waals surface area contributed by atoms with Gasteiger partial charge < -0.3 is 10.1 Å². The number of aryl methyl sites for hydroxylation is 2. The molecule has 0 spiro atoms. The molecule has 0 heterocycles. The van der Waals surface area contributed by atoms with Gasteiger partial charge in [-0.25, -0.2) is 0 Å². The summed E-state index contributed by atoms with van der Waals surface area (Å²) < 4.78 is 6.31. The van der Waals surface area contributed by atoms with Crippen molar-refractivity contribution in [2.45, 2.75) is 52.7 Å². The number of hydrogen-bond donors (Lipinski definition) is 1. The summed E-state index contributed by atoms with van der Waals surface area (Å²) in [4.78, 5) is 0. The van der Waals surface area contributed by atoms with Crippen LogP contribution in [0.5, 0.6) is 5.75 Å². The van der Waals surface area contributed by atoms with Crippen molar-refractivity contribution >= 4 is 11.6 Å². The fourth-order valence-electron chi connectivity index (χ4n) is 3.15. The summed E-state index contributed by atoms with van der Waals surface area (Å²) in [5, 5.41) is 4.18. The zero-order valence-corrected chi connectivity index (χ0v) is 13.3. The third kappa shape index (κ3) is 2.48. The molecule has 19 heavy (non-hydrogen) atoms. The van der Waals surface area contributed by atoms with Gasteiger partial charge in [0.2, 0.25) is 0 Å². The molecule has 1 fully saturated rings. The molecule has 0 bridgehead atoms. The van der Waals surface area contributed by atoms with E-state index in [1.54, 1.807) is 0 Å². The third-order valence-electron chi connectivity index (χ3n) is 4.78. The monoisotopic (exact) mass is 281 g/mol. The molecule has 0 aliphatic heterocycles. The summed E-state index contributed by atoms with van der Waals surface area (Å²) in [6.45, 7) is 8.67. The highest BCUT2D eigenvalue weighted by atomic mass is 35.5. The SMILES string of the molecule is CCC1(C)C(NC)CC1Oc1c(C)cc(Cl)cc1C. The van der Waals surface area contributed by atoms with Crippen LogP contribution < -0.4 is 10.1 Å². The zero-order chi connectivity index (χ0) is 14.2. The first-order valence-corrected chi connectivity index (χ1v) is 7.40. The van der Waals surface area contributed by atoms with Crippen LogP contribution in [0, 0.1) is 19.3 Å². The molecule has 3 heteroatoms. The van der Waals surface area contributed by atoms with Gasteiger partial charge in [0.1, 0.15) is 11.9 Å². The third-order valence-corrected chi connectivity index (χ3v) is 5.00. The smallest absolute Gasteiger partial charge is 0.125 e. The van der Waals surface area contributed by atoms with Gasteiger partial charge in [0.25, 0.3) is 0 Å². The molecule has 1 aliphatic rings. The van der Waals surface area contributed by atoms with Crippen molar-refractivity contribution in [3.05, 3.63) is 28.3 Å². The summed E-state index contributed by atoms with van der Waals surface area (Å²) in [5.74, 6) is 1.00. The minimum atomic E-state index is 0.216. The largest absolute Gasteiger partial charge is 0.489 e. The highest BCUT2D eigenvalue weighted by Crippen LogP contribution is 2.46. The average molecular weight is 282 g/mol. The molecular weight excluding hydrogens is 258 g/mol. The number of nitrogens with one attached hydrogen (secondary N) is 1. The Morgan fingerprint density at radius 3 is 2.42 bits per heavy atom. The fraction of sp³-hybridized carbons (Fsp3) is 0.625. The summed E-state index contributed by atoms with van der Waals surface area (Å²) in [7, 11) is 2.04. The Bertz CT molecular complexity index is 451. The number of ether oxygens (including phenoxy) is 1. The minimum absolute atomic E-state index is 0.216. The Balaban J connectivity index is 2.19. The first kappa shape index (κ1) is 14.7. The van der Waals surface area contributed by atoms with Crippen molar-refractivity contribution in [2.75, 3.05) is 7.05 Å². The molecule has 3 unspecified atom stereocenters. The van der Waals surface area contributed by atoms with Gasteiger partial charge in [0, 0.05) is 22.9 Å². The second kappa shape index (κ2) is 5.34. The Morgan fingerprint density at radius 2 is 1.95 bits per heavy atom. The van der Waals surface area contributed by atoms with E-state index in [1.165, 1.54) is 0 Å². The summed E-state index contributed by atoms with van der Waals surface area (Å²) >= 11 is 6.07. The van der Waals surface area contributed by atoms with E-state index in [0.29, 0.717) is 6.04 Å². The lowest BCUT2D eigenvalue weighted by molar-refractivity contribution is -0.0683. The van der Waals surface area contributed by atoms with Crippen LogP contribution in [0.3, 0.4) is 0 Å². The predicted molar refractivity (Wildman–Crippen MR) is 81.2 cm³/mol. The van der Waals surface area contributed by atoms with Gasteiger partial charge in [-0.2, -0.15) is 0 Å². The molecular formula is C16H24ClNO. The molecule has 0 saturated heterocycles. The van der Waals surface area contributed by atoms with Gasteiger partial charge in [-0.1, -0.05) is 25.4 Å². The van der Waals surface area contributed by atoms with Crippen molar-refractivity contribution in [1.82, 2.24) is 5.32 Å². The lowest BCUT2D eigenvalue weighted by atomic mass is 9.61.